The summed E-state index contributed by atoms with van der Waals surface area (Å²) in [7, 11) is 0. The maximum atomic E-state index is 5.98. The van der Waals surface area contributed by atoms with E-state index < -0.39 is 0 Å². The Labute approximate surface area is 111 Å². The van der Waals surface area contributed by atoms with E-state index in [1.54, 1.807) is 11.3 Å². The van der Waals surface area contributed by atoms with Gasteiger partial charge in [-0.05, 0) is 24.3 Å². The van der Waals surface area contributed by atoms with Crippen molar-refractivity contribution in [1.29, 1.82) is 0 Å². The van der Waals surface area contributed by atoms with E-state index >= 15 is 0 Å². The predicted molar refractivity (Wildman–Crippen MR) is 73.7 cm³/mol. The Morgan fingerprint density at radius 3 is 2.78 bits per heavy atom. The van der Waals surface area contributed by atoms with E-state index in [0.717, 1.165) is 16.4 Å². The molecule has 94 valence electrons. The maximum absolute atomic E-state index is 5.98. The molecular formula is C14H17N3S. The summed E-state index contributed by atoms with van der Waals surface area (Å²) < 4.78 is 0. The summed E-state index contributed by atoms with van der Waals surface area (Å²) in [5, 5.41) is 10.7. The van der Waals surface area contributed by atoms with Gasteiger partial charge in [0.25, 0.3) is 0 Å². The average Bonchev–Trinajstić information content (AvgIpc) is 3.08. The minimum atomic E-state index is 0.0465. The second-order valence-electron chi connectivity index (χ2n) is 4.85. The van der Waals surface area contributed by atoms with E-state index in [9.17, 15) is 0 Å². The molecule has 1 aromatic heterocycles. The number of nitrogens with zero attached hydrogens (tertiary/aromatic N) is 2. The third-order valence-corrected chi connectivity index (χ3v) is 4.74. The smallest absolute Gasteiger partial charge is 0.134 e. The van der Waals surface area contributed by atoms with Crippen LogP contribution in [0.5, 0.6) is 0 Å². The Bertz CT molecular complexity index is 523. The zero-order valence-electron chi connectivity index (χ0n) is 10.4. The Balaban J connectivity index is 1.73. The number of hydrogen-bond donors (Lipinski definition) is 1. The molecule has 0 spiro atoms. The molecule has 18 heavy (non-hydrogen) atoms. The van der Waals surface area contributed by atoms with Gasteiger partial charge in [0.05, 0.1) is 6.04 Å². The quantitative estimate of drug-likeness (QED) is 0.917. The second kappa shape index (κ2) is 4.78. The van der Waals surface area contributed by atoms with Crippen molar-refractivity contribution >= 4 is 11.3 Å². The molecule has 0 aliphatic heterocycles. The van der Waals surface area contributed by atoms with Crippen LogP contribution in [0, 0.1) is 0 Å². The molecule has 3 unspecified atom stereocenters. The molecule has 1 fully saturated rings. The first-order valence-corrected chi connectivity index (χ1v) is 7.25. The zero-order chi connectivity index (χ0) is 12.5. The topological polar surface area (TPSA) is 51.8 Å². The van der Waals surface area contributed by atoms with Crippen molar-refractivity contribution < 1.29 is 0 Å². The third-order valence-electron chi connectivity index (χ3n) is 3.55. The summed E-state index contributed by atoms with van der Waals surface area (Å²) >= 11 is 1.69. The van der Waals surface area contributed by atoms with E-state index in [1.807, 2.05) is 0 Å². The highest BCUT2D eigenvalue weighted by Gasteiger charge is 2.42. The highest BCUT2D eigenvalue weighted by atomic mass is 32.1. The number of nitrogens with two attached hydrogens (primary N) is 1. The van der Waals surface area contributed by atoms with Gasteiger partial charge >= 0.3 is 0 Å². The Morgan fingerprint density at radius 2 is 2.06 bits per heavy atom. The molecule has 0 bridgehead atoms. The van der Waals surface area contributed by atoms with Crippen molar-refractivity contribution in [2.24, 2.45) is 5.73 Å². The molecule has 3 nitrogen and oxygen atoms in total. The molecule has 1 heterocycles. The number of aromatic nitrogens is 2. The van der Waals surface area contributed by atoms with Crippen molar-refractivity contribution in [1.82, 2.24) is 10.2 Å². The van der Waals surface area contributed by atoms with Crippen LogP contribution in [-0.2, 0) is 0 Å². The predicted octanol–water partition coefficient (Wildman–Crippen LogP) is 3.22. The summed E-state index contributed by atoms with van der Waals surface area (Å²) in [6.07, 6.45) is 2.11. The molecule has 0 saturated heterocycles. The van der Waals surface area contributed by atoms with E-state index in [4.69, 9.17) is 5.73 Å². The zero-order valence-corrected chi connectivity index (χ0v) is 11.2. The van der Waals surface area contributed by atoms with Crippen LogP contribution in [-0.4, -0.2) is 10.2 Å². The fraction of sp³-hybridized carbons (Fsp3) is 0.429. The van der Waals surface area contributed by atoms with Crippen LogP contribution in [0.15, 0.2) is 30.3 Å². The molecular weight excluding hydrogens is 242 g/mol. The lowest BCUT2D eigenvalue weighted by Crippen LogP contribution is -2.07. The van der Waals surface area contributed by atoms with Crippen LogP contribution in [0.25, 0.3) is 0 Å². The highest BCUT2D eigenvalue weighted by Crippen LogP contribution is 2.55. The molecule has 1 aliphatic carbocycles. The van der Waals surface area contributed by atoms with Gasteiger partial charge in [-0.15, -0.1) is 10.2 Å². The first-order valence-electron chi connectivity index (χ1n) is 6.43. The Hall–Kier alpha value is -1.26. The van der Waals surface area contributed by atoms with Crippen LogP contribution >= 0.6 is 11.3 Å². The summed E-state index contributed by atoms with van der Waals surface area (Å²) in [6, 6.07) is 10.7. The van der Waals surface area contributed by atoms with Gasteiger partial charge in [-0.1, -0.05) is 48.6 Å². The molecule has 0 amide bonds. The highest BCUT2D eigenvalue weighted by molar-refractivity contribution is 7.11. The second-order valence-corrected chi connectivity index (χ2v) is 5.89. The minimum absolute atomic E-state index is 0.0465. The van der Waals surface area contributed by atoms with Crippen LogP contribution in [0.1, 0.15) is 53.2 Å². The van der Waals surface area contributed by atoms with E-state index in [1.165, 1.54) is 12.0 Å². The van der Waals surface area contributed by atoms with Gasteiger partial charge in [-0.3, -0.25) is 0 Å². The molecule has 2 aromatic rings. The molecule has 1 aliphatic rings. The summed E-state index contributed by atoms with van der Waals surface area (Å²) in [5.41, 5.74) is 7.40. The van der Waals surface area contributed by atoms with Crippen LogP contribution in [0.3, 0.4) is 0 Å². The summed E-state index contributed by atoms with van der Waals surface area (Å²) in [6.45, 7) is 2.08. The number of benzene rings is 1. The SMILES string of the molecule is CCC(N)c1nnc(C2CC2c2ccccc2)s1. The lowest BCUT2D eigenvalue weighted by Gasteiger charge is -2.00. The van der Waals surface area contributed by atoms with Crippen LogP contribution in [0.4, 0.5) is 0 Å². The minimum Gasteiger partial charge on any atom is -0.322 e. The van der Waals surface area contributed by atoms with Crippen molar-refractivity contribution in [2.45, 2.75) is 37.6 Å². The van der Waals surface area contributed by atoms with Crippen molar-refractivity contribution in [3.63, 3.8) is 0 Å². The lowest BCUT2D eigenvalue weighted by atomic mass is 10.1. The molecule has 0 radical (unpaired) electrons. The van der Waals surface area contributed by atoms with Gasteiger partial charge in [0.1, 0.15) is 10.0 Å². The van der Waals surface area contributed by atoms with Gasteiger partial charge in [-0.2, -0.15) is 0 Å². The monoisotopic (exact) mass is 259 g/mol. The number of hydrogen-bond acceptors (Lipinski definition) is 4. The summed E-state index contributed by atoms with van der Waals surface area (Å²) in [5.74, 6) is 1.19. The fourth-order valence-electron chi connectivity index (χ4n) is 2.26. The summed E-state index contributed by atoms with van der Waals surface area (Å²) in [4.78, 5) is 0. The Morgan fingerprint density at radius 1 is 1.28 bits per heavy atom. The van der Waals surface area contributed by atoms with E-state index in [0.29, 0.717) is 11.8 Å². The largest absolute Gasteiger partial charge is 0.322 e. The van der Waals surface area contributed by atoms with Gasteiger partial charge in [0.2, 0.25) is 0 Å². The lowest BCUT2D eigenvalue weighted by molar-refractivity contribution is 0.681. The molecule has 1 saturated carbocycles. The molecule has 3 atom stereocenters. The average molecular weight is 259 g/mol. The molecule has 4 heteroatoms. The normalized spacial score (nSPS) is 23.9. The van der Waals surface area contributed by atoms with E-state index in [2.05, 4.69) is 47.5 Å². The van der Waals surface area contributed by atoms with Crippen molar-refractivity contribution in [2.75, 3.05) is 0 Å². The van der Waals surface area contributed by atoms with Crippen LogP contribution < -0.4 is 5.73 Å². The molecule has 3 rings (SSSR count). The van der Waals surface area contributed by atoms with Crippen LogP contribution in [0.2, 0.25) is 0 Å². The standard InChI is InChI=1S/C14H17N3S/c1-2-12(15)14-17-16-13(18-14)11-8-10(11)9-6-4-3-5-7-9/h3-7,10-12H,2,8,15H2,1H3. The van der Waals surface area contributed by atoms with Gasteiger partial charge in [0.15, 0.2) is 0 Å². The molecule has 1 aromatic carbocycles. The van der Waals surface area contributed by atoms with Gasteiger partial charge < -0.3 is 5.73 Å². The van der Waals surface area contributed by atoms with Crippen molar-refractivity contribution in [3.8, 4) is 0 Å². The van der Waals surface area contributed by atoms with E-state index in [-0.39, 0.29) is 6.04 Å². The van der Waals surface area contributed by atoms with Gasteiger partial charge in [-0.25, -0.2) is 0 Å². The Kier molecular flexibility index (Phi) is 3.14. The molecule has 2 N–H and O–H groups in total. The first kappa shape index (κ1) is 11.8. The fourth-order valence-corrected chi connectivity index (χ4v) is 3.36. The number of rotatable bonds is 4. The maximum Gasteiger partial charge on any atom is 0.134 e. The first-order chi connectivity index (χ1) is 8.79. The van der Waals surface area contributed by atoms with Crippen molar-refractivity contribution in [3.05, 3.63) is 45.9 Å². The third kappa shape index (κ3) is 2.18. The van der Waals surface area contributed by atoms with Gasteiger partial charge in [0, 0.05) is 5.92 Å².